The van der Waals surface area contributed by atoms with Crippen LogP contribution in [0.3, 0.4) is 0 Å². The van der Waals surface area contributed by atoms with Gasteiger partial charge in [0.2, 0.25) is 11.9 Å². The first-order chi connectivity index (χ1) is 14.1. The van der Waals surface area contributed by atoms with Gasteiger partial charge in [0.1, 0.15) is 0 Å². The van der Waals surface area contributed by atoms with Crippen LogP contribution in [0.1, 0.15) is 17.0 Å². The molecule has 8 heteroatoms. The van der Waals surface area contributed by atoms with Crippen LogP contribution in [0.15, 0.2) is 30.3 Å². The number of methoxy groups -OCH3 is 2. The molecule has 1 aromatic carbocycles. The first-order valence-electron chi connectivity index (χ1n) is 9.44. The third-order valence-corrected chi connectivity index (χ3v) is 4.47. The van der Waals surface area contributed by atoms with E-state index in [1.165, 1.54) is 6.08 Å². The van der Waals surface area contributed by atoms with E-state index in [0.717, 1.165) is 30.0 Å². The predicted octanol–water partition coefficient (Wildman–Crippen LogP) is 1.97. The van der Waals surface area contributed by atoms with Crippen molar-refractivity contribution in [2.45, 2.75) is 13.5 Å². The molecule has 1 saturated heterocycles. The van der Waals surface area contributed by atoms with Crippen molar-refractivity contribution in [1.29, 1.82) is 0 Å². The van der Waals surface area contributed by atoms with E-state index in [9.17, 15) is 4.79 Å². The Kier molecular flexibility index (Phi) is 7.02. The van der Waals surface area contributed by atoms with Gasteiger partial charge in [-0.1, -0.05) is 6.07 Å². The molecule has 1 aromatic heterocycles. The molecule has 0 aliphatic carbocycles. The van der Waals surface area contributed by atoms with Crippen LogP contribution in [0.5, 0.6) is 11.5 Å². The van der Waals surface area contributed by atoms with Crippen molar-refractivity contribution >= 4 is 17.9 Å². The van der Waals surface area contributed by atoms with Crippen molar-refractivity contribution in [3.05, 3.63) is 47.3 Å². The molecule has 0 unspecified atom stereocenters. The lowest BCUT2D eigenvalue weighted by Gasteiger charge is -2.27. The van der Waals surface area contributed by atoms with Gasteiger partial charge in [-0.15, -0.1) is 0 Å². The molecule has 1 fully saturated rings. The number of nitrogens with zero attached hydrogens (tertiary/aromatic N) is 3. The number of nitrogens with one attached hydrogen (secondary N) is 1. The van der Waals surface area contributed by atoms with Crippen molar-refractivity contribution in [3.63, 3.8) is 0 Å². The summed E-state index contributed by atoms with van der Waals surface area (Å²) in [5.74, 6) is 1.73. The smallest absolute Gasteiger partial charge is 0.244 e. The number of ether oxygens (including phenoxy) is 3. The van der Waals surface area contributed by atoms with Crippen LogP contribution in [0.2, 0.25) is 0 Å². The van der Waals surface area contributed by atoms with Gasteiger partial charge < -0.3 is 24.4 Å². The second-order valence-corrected chi connectivity index (χ2v) is 6.57. The summed E-state index contributed by atoms with van der Waals surface area (Å²) in [6.45, 7) is 5.13. The molecular formula is C21H26N4O4. The Morgan fingerprint density at radius 3 is 2.66 bits per heavy atom. The summed E-state index contributed by atoms with van der Waals surface area (Å²) in [6, 6.07) is 7.34. The van der Waals surface area contributed by atoms with Gasteiger partial charge in [0.15, 0.2) is 11.5 Å². The third-order valence-electron chi connectivity index (χ3n) is 4.47. The standard InChI is InChI=1S/C21H26N4O4/c1-15-12-17(24-21(23-15)25-8-10-29-11-9-25)14-22-20(26)7-5-16-4-6-18(27-2)19(13-16)28-3/h4-7,12-13H,8-11,14H2,1-3H3,(H,22,26)/b7-5+. The molecule has 0 spiro atoms. The molecule has 2 heterocycles. The van der Waals surface area contributed by atoms with Gasteiger partial charge in [-0.3, -0.25) is 4.79 Å². The number of carbonyl (C=O) groups excluding carboxylic acids is 1. The minimum atomic E-state index is -0.205. The number of hydrogen-bond donors (Lipinski definition) is 1. The van der Waals surface area contributed by atoms with Crippen molar-refractivity contribution in [3.8, 4) is 11.5 Å². The average molecular weight is 398 g/mol. The number of amides is 1. The quantitative estimate of drug-likeness (QED) is 0.714. The summed E-state index contributed by atoms with van der Waals surface area (Å²) < 4.78 is 15.9. The Balaban J connectivity index is 1.60. The Hall–Kier alpha value is -3.13. The van der Waals surface area contributed by atoms with Crippen molar-refractivity contribution < 1.29 is 19.0 Å². The van der Waals surface area contributed by atoms with Gasteiger partial charge in [0, 0.05) is 24.9 Å². The van der Waals surface area contributed by atoms with Gasteiger partial charge >= 0.3 is 0 Å². The van der Waals surface area contributed by atoms with Crippen molar-refractivity contribution in [2.75, 3.05) is 45.4 Å². The number of hydrogen-bond acceptors (Lipinski definition) is 7. The van der Waals surface area contributed by atoms with E-state index in [1.54, 1.807) is 26.4 Å². The highest BCUT2D eigenvalue weighted by molar-refractivity contribution is 5.91. The number of carbonyl (C=O) groups is 1. The summed E-state index contributed by atoms with van der Waals surface area (Å²) in [5, 5.41) is 2.86. The fourth-order valence-corrected chi connectivity index (χ4v) is 2.98. The first kappa shape index (κ1) is 20.6. The lowest BCUT2D eigenvalue weighted by atomic mass is 10.2. The SMILES string of the molecule is COc1ccc(/C=C/C(=O)NCc2cc(C)nc(N3CCOCC3)n2)cc1OC. The van der Waals surface area contributed by atoms with E-state index in [-0.39, 0.29) is 5.91 Å². The van der Waals surface area contributed by atoms with Crippen LogP contribution < -0.4 is 19.7 Å². The third kappa shape index (κ3) is 5.68. The minimum absolute atomic E-state index is 0.205. The minimum Gasteiger partial charge on any atom is -0.493 e. The second kappa shape index (κ2) is 9.88. The van der Waals surface area contributed by atoms with Crippen molar-refractivity contribution in [1.82, 2.24) is 15.3 Å². The van der Waals surface area contributed by atoms with E-state index in [0.29, 0.717) is 37.2 Å². The zero-order valence-corrected chi connectivity index (χ0v) is 17.0. The van der Waals surface area contributed by atoms with E-state index in [1.807, 2.05) is 25.1 Å². The average Bonchev–Trinajstić information content (AvgIpc) is 2.76. The number of rotatable bonds is 7. The fraction of sp³-hybridized carbons (Fsp3) is 0.381. The monoisotopic (exact) mass is 398 g/mol. The zero-order chi connectivity index (χ0) is 20.6. The normalized spacial score (nSPS) is 14.1. The molecule has 1 aliphatic heterocycles. The summed E-state index contributed by atoms with van der Waals surface area (Å²) in [7, 11) is 3.16. The Morgan fingerprint density at radius 2 is 1.93 bits per heavy atom. The molecule has 8 nitrogen and oxygen atoms in total. The predicted molar refractivity (Wildman–Crippen MR) is 110 cm³/mol. The van der Waals surface area contributed by atoms with E-state index in [2.05, 4.69) is 20.2 Å². The number of morpholine rings is 1. The maximum Gasteiger partial charge on any atom is 0.244 e. The molecule has 2 aromatic rings. The van der Waals surface area contributed by atoms with Crippen LogP contribution in [0.4, 0.5) is 5.95 Å². The number of aromatic nitrogens is 2. The molecule has 0 saturated carbocycles. The molecule has 0 bridgehead atoms. The number of benzene rings is 1. The van der Waals surface area contributed by atoms with Gasteiger partial charge in [-0.05, 0) is 36.8 Å². The molecular weight excluding hydrogens is 372 g/mol. The molecule has 29 heavy (non-hydrogen) atoms. The van der Waals surface area contributed by atoms with Crippen molar-refractivity contribution in [2.24, 2.45) is 0 Å². The highest BCUT2D eigenvalue weighted by atomic mass is 16.5. The Labute approximate surface area is 170 Å². The Bertz CT molecular complexity index is 879. The fourth-order valence-electron chi connectivity index (χ4n) is 2.98. The molecule has 1 amide bonds. The second-order valence-electron chi connectivity index (χ2n) is 6.57. The molecule has 3 rings (SSSR count). The summed E-state index contributed by atoms with van der Waals surface area (Å²) >= 11 is 0. The van der Waals surface area contributed by atoms with Crippen LogP contribution in [0, 0.1) is 6.92 Å². The van der Waals surface area contributed by atoms with E-state index < -0.39 is 0 Å². The summed E-state index contributed by atoms with van der Waals surface area (Å²) in [4.78, 5) is 23.4. The summed E-state index contributed by atoms with van der Waals surface area (Å²) in [6.07, 6.45) is 3.21. The zero-order valence-electron chi connectivity index (χ0n) is 17.0. The van der Waals surface area contributed by atoms with Gasteiger partial charge in [0.05, 0.1) is 39.7 Å². The topological polar surface area (TPSA) is 85.8 Å². The van der Waals surface area contributed by atoms with Crippen LogP contribution in [-0.4, -0.2) is 56.4 Å². The number of anilines is 1. The first-order valence-corrected chi connectivity index (χ1v) is 9.44. The Morgan fingerprint density at radius 1 is 1.17 bits per heavy atom. The molecule has 154 valence electrons. The van der Waals surface area contributed by atoms with Crippen LogP contribution in [-0.2, 0) is 16.1 Å². The highest BCUT2D eigenvalue weighted by Gasteiger charge is 2.15. The molecule has 1 aliphatic rings. The number of aryl methyl sites for hydroxylation is 1. The van der Waals surface area contributed by atoms with Gasteiger partial charge in [-0.25, -0.2) is 9.97 Å². The lowest BCUT2D eigenvalue weighted by Crippen LogP contribution is -2.37. The lowest BCUT2D eigenvalue weighted by molar-refractivity contribution is -0.116. The summed E-state index contributed by atoms with van der Waals surface area (Å²) in [5.41, 5.74) is 2.48. The largest absolute Gasteiger partial charge is 0.493 e. The van der Waals surface area contributed by atoms with Gasteiger partial charge in [0.25, 0.3) is 0 Å². The molecule has 0 atom stereocenters. The van der Waals surface area contributed by atoms with Crippen LogP contribution >= 0.6 is 0 Å². The van der Waals surface area contributed by atoms with Crippen LogP contribution in [0.25, 0.3) is 6.08 Å². The maximum absolute atomic E-state index is 12.2. The molecule has 0 radical (unpaired) electrons. The van der Waals surface area contributed by atoms with E-state index >= 15 is 0 Å². The van der Waals surface area contributed by atoms with E-state index in [4.69, 9.17) is 14.2 Å². The highest BCUT2D eigenvalue weighted by Crippen LogP contribution is 2.27. The molecule has 1 N–H and O–H groups in total. The van der Waals surface area contributed by atoms with Gasteiger partial charge in [-0.2, -0.15) is 0 Å². The maximum atomic E-state index is 12.2.